The van der Waals surface area contributed by atoms with Gasteiger partial charge in [0.05, 0.1) is 4.92 Å². The van der Waals surface area contributed by atoms with Gasteiger partial charge in [-0.25, -0.2) is 0 Å². The summed E-state index contributed by atoms with van der Waals surface area (Å²) in [5.41, 5.74) is -1.09. The van der Waals surface area contributed by atoms with Crippen molar-refractivity contribution in [1.29, 1.82) is 0 Å². The second-order valence-corrected chi connectivity index (χ2v) is 2.24. The number of carbonyl (C=O) groups excluding carboxylic acids is 1. The lowest BCUT2D eigenvalue weighted by Gasteiger charge is -2.00. The van der Waals surface area contributed by atoms with Gasteiger partial charge in [0, 0.05) is 6.07 Å². The molecule has 0 fully saturated rings. The number of phenols is 2. The first kappa shape index (κ1) is 8.98. The number of nitro groups is 1. The summed E-state index contributed by atoms with van der Waals surface area (Å²) < 4.78 is 0. The summed E-state index contributed by atoms with van der Waals surface area (Å²) in [5.74, 6) is -1.31. The summed E-state index contributed by atoms with van der Waals surface area (Å²) in [6, 6.07) is 1.89. The summed E-state index contributed by atoms with van der Waals surface area (Å²) in [6.45, 7) is 0. The summed E-state index contributed by atoms with van der Waals surface area (Å²) in [6.07, 6.45) is 0.150. The Bertz CT molecular complexity index is 373. The van der Waals surface area contributed by atoms with Gasteiger partial charge < -0.3 is 10.2 Å². The predicted molar refractivity (Wildman–Crippen MR) is 41.8 cm³/mol. The van der Waals surface area contributed by atoms with Gasteiger partial charge in [-0.05, 0) is 6.07 Å². The Hall–Kier alpha value is -2.11. The van der Waals surface area contributed by atoms with Gasteiger partial charge in [0.1, 0.15) is 11.3 Å². The van der Waals surface area contributed by atoms with E-state index < -0.39 is 27.7 Å². The van der Waals surface area contributed by atoms with Crippen LogP contribution in [0.25, 0.3) is 0 Å². The number of nitrogens with zero attached hydrogens (tertiary/aromatic N) is 1. The number of nitro benzene ring substituents is 1. The van der Waals surface area contributed by atoms with Gasteiger partial charge in [-0.1, -0.05) is 0 Å². The molecule has 2 N–H and O–H groups in total. The molecule has 0 saturated heterocycles. The van der Waals surface area contributed by atoms with Crippen molar-refractivity contribution in [3.05, 3.63) is 27.8 Å². The topological polar surface area (TPSA) is 101 Å². The molecule has 1 aromatic carbocycles. The van der Waals surface area contributed by atoms with E-state index >= 15 is 0 Å². The fourth-order valence-corrected chi connectivity index (χ4v) is 0.849. The highest BCUT2D eigenvalue weighted by atomic mass is 16.6. The van der Waals surface area contributed by atoms with E-state index in [1.807, 2.05) is 0 Å². The molecule has 0 saturated carbocycles. The van der Waals surface area contributed by atoms with Crippen LogP contribution in [0.3, 0.4) is 0 Å². The number of aldehydes is 1. The molecular formula is C7H5NO5. The molecule has 0 aliphatic rings. The quantitative estimate of drug-likeness (QED) is 0.401. The van der Waals surface area contributed by atoms with Crippen molar-refractivity contribution in [2.24, 2.45) is 0 Å². The molecule has 0 atom stereocenters. The van der Waals surface area contributed by atoms with E-state index in [1.54, 1.807) is 0 Å². The van der Waals surface area contributed by atoms with Crippen LogP contribution >= 0.6 is 0 Å². The average molecular weight is 183 g/mol. The second kappa shape index (κ2) is 3.10. The first-order chi connectivity index (χ1) is 6.07. The lowest BCUT2D eigenvalue weighted by Crippen LogP contribution is -1.91. The maximum Gasteiger partial charge on any atom is 0.311 e. The lowest BCUT2D eigenvalue weighted by atomic mass is 10.1. The summed E-state index contributed by atoms with van der Waals surface area (Å²) in [7, 11) is 0. The zero-order chi connectivity index (χ0) is 10.0. The molecule has 6 heteroatoms. The first-order valence-corrected chi connectivity index (χ1v) is 3.22. The molecule has 0 aliphatic carbocycles. The molecule has 0 radical (unpaired) electrons. The average Bonchev–Trinajstić information content (AvgIpc) is 2.04. The van der Waals surface area contributed by atoms with Gasteiger partial charge in [-0.2, -0.15) is 0 Å². The van der Waals surface area contributed by atoms with Crippen molar-refractivity contribution in [1.82, 2.24) is 0 Å². The molecule has 0 unspecified atom stereocenters. The van der Waals surface area contributed by atoms with E-state index in [4.69, 9.17) is 10.2 Å². The van der Waals surface area contributed by atoms with Crippen LogP contribution in [0, 0.1) is 10.1 Å². The molecule has 0 heterocycles. The van der Waals surface area contributed by atoms with Crippen molar-refractivity contribution in [3.63, 3.8) is 0 Å². The minimum absolute atomic E-state index is 0.150. The van der Waals surface area contributed by atoms with Crippen LogP contribution in [0.2, 0.25) is 0 Å². The zero-order valence-electron chi connectivity index (χ0n) is 6.30. The van der Waals surface area contributed by atoms with Crippen molar-refractivity contribution in [2.45, 2.75) is 0 Å². The Morgan fingerprint density at radius 2 is 2.00 bits per heavy atom. The molecule has 6 nitrogen and oxygen atoms in total. The standard InChI is InChI=1S/C7H5NO5/c9-3-4-6(10)2-1-5(7(4)11)8(12)13/h1-3,10-11H. The van der Waals surface area contributed by atoms with E-state index in [1.165, 1.54) is 0 Å². The minimum atomic E-state index is -0.845. The minimum Gasteiger partial charge on any atom is -0.507 e. The largest absolute Gasteiger partial charge is 0.507 e. The Balaban J connectivity index is 3.44. The van der Waals surface area contributed by atoms with Crippen molar-refractivity contribution in [3.8, 4) is 11.5 Å². The lowest BCUT2D eigenvalue weighted by molar-refractivity contribution is -0.385. The highest BCUT2D eigenvalue weighted by Crippen LogP contribution is 2.33. The van der Waals surface area contributed by atoms with Crippen molar-refractivity contribution in [2.75, 3.05) is 0 Å². The normalized spacial score (nSPS) is 9.54. The highest BCUT2D eigenvalue weighted by Gasteiger charge is 2.19. The summed E-state index contributed by atoms with van der Waals surface area (Å²) in [5, 5.41) is 28.3. The summed E-state index contributed by atoms with van der Waals surface area (Å²) >= 11 is 0. The molecule has 0 aromatic heterocycles. The Morgan fingerprint density at radius 3 is 2.46 bits per heavy atom. The van der Waals surface area contributed by atoms with Crippen LogP contribution in [-0.4, -0.2) is 21.4 Å². The van der Waals surface area contributed by atoms with Crippen LogP contribution in [-0.2, 0) is 0 Å². The molecule has 13 heavy (non-hydrogen) atoms. The van der Waals surface area contributed by atoms with Gasteiger partial charge in [-0.15, -0.1) is 0 Å². The number of phenolic OH excluding ortho intramolecular Hbond substituents is 2. The Labute approximate surface area is 72.2 Å². The summed E-state index contributed by atoms with van der Waals surface area (Å²) in [4.78, 5) is 19.7. The molecular weight excluding hydrogens is 178 g/mol. The van der Waals surface area contributed by atoms with Crippen LogP contribution in [0.4, 0.5) is 5.69 Å². The van der Waals surface area contributed by atoms with E-state index in [0.29, 0.717) is 0 Å². The van der Waals surface area contributed by atoms with Gasteiger partial charge in [0.25, 0.3) is 0 Å². The Kier molecular flexibility index (Phi) is 2.14. The predicted octanol–water partition coefficient (Wildman–Crippen LogP) is 0.818. The molecule has 0 spiro atoms. The Morgan fingerprint density at radius 1 is 1.38 bits per heavy atom. The van der Waals surface area contributed by atoms with E-state index in [-0.39, 0.29) is 6.29 Å². The van der Waals surface area contributed by atoms with Gasteiger partial charge in [-0.3, -0.25) is 14.9 Å². The van der Waals surface area contributed by atoms with E-state index in [0.717, 1.165) is 12.1 Å². The van der Waals surface area contributed by atoms with Gasteiger partial charge >= 0.3 is 5.69 Å². The molecule has 0 bridgehead atoms. The fraction of sp³-hybridized carbons (Fsp3) is 0. The maximum atomic E-state index is 10.3. The molecule has 68 valence electrons. The van der Waals surface area contributed by atoms with Crippen molar-refractivity contribution >= 4 is 12.0 Å². The number of rotatable bonds is 2. The van der Waals surface area contributed by atoms with Crippen LogP contribution in [0.1, 0.15) is 10.4 Å². The van der Waals surface area contributed by atoms with E-state index in [2.05, 4.69) is 0 Å². The van der Waals surface area contributed by atoms with Crippen LogP contribution in [0.15, 0.2) is 12.1 Å². The molecule has 1 rings (SSSR count). The fourth-order valence-electron chi connectivity index (χ4n) is 0.849. The third kappa shape index (κ3) is 1.41. The third-order valence-corrected chi connectivity index (χ3v) is 1.49. The highest BCUT2D eigenvalue weighted by molar-refractivity contribution is 5.85. The van der Waals surface area contributed by atoms with Gasteiger partial charge in [0.2, 0.25) is 5.75 Å². The molecule has 0 aliphatic heterocycles. The zero-order valence-corrected chi connectivity index (χ0v) is 6.30. The van der Waals surface area contributed by atoms with Crippen molar-refractivity contribution < 1.29 is 19.9 Å². The van der Waals surface area contributed by atoms with Crippen LogP contribution in [0.5, 0.6) is 11.5 Å². The SMILES string of the molecule is O=Cc1c(O)ccc([N+](=O)[O-])c1O. The number of benzene rings is 1. The second-order valence-electron chi connectivity index (χ2n) is 2.24. The maximum absolute atomic E-state index is 10.3. The van der Waals surface area contributed by atoms with Gasteiger partial charge in [0.15, 0.2) is 6.29 Å². The smallest absolute Gasteiger partial charge is 0.311 e. The number of hydrogen-bond acceptors (Lipinski definition) is 5. The van der Waals surface area contributed by atoms with Crippen LogP contribution < -0.4 is 0 Å². The monoisotopic (exact) mass is 183 g/mol. The molecule has 1 aromatic rings. The number of carbonyl (C=O) groups is 1. The number of hydrogen-bond donors (Lipinski definition) is 2. The number of aromatic hydroxyl groups is 2. The molecule has 0 amide bonds. The van der Waals surface area contributed by atoms with E-state index in [9.17, 15) is 14.9 Å². The first-order valence-electron chi connectivity index (χ1n) is 3.22. The third-order valence-electron chi connectivity index (χ3n) is 1.49.